The van der Waals surface area contributed by atoms with E-state index in [-0.39, 0.29) is 10.6 Å². The molecule has 0 radical (unpaired) electrons. The van der Waals surface area contributed by atoms with Gasteiger partial charge in [0.1, 0.15) is 0 Å². The van der Waals surface area contributed by atoms with E-state index in [0.717, 1.165) is 53.4 Å². The summed E-state index contributed by atoms with van der Waals surface area (Å²) < 4.78 is 108. The maximum Gasteiger partial charge on any atom is 0.315 e. The van der Waals surface area contributed by atoms with Gasteiger partial charge in [0.15, 0.2) is 16.1 Å². The summed E-state index contributed by atoms with van der Waals surface area (Å²) in [5.74, 6) is -14.2. The van der Waals surface area contributed by atoms with E-state index in [2.05, 4.69) is 28.9 Å². The number of aromatic nitrogens is 1. The molecule has 5 aromatic rings. The van der Waals surface area contributed by atoms with E-state index < -0.39 is 63.3 Å². The maximum atomic E-state index is 14.1. The predicted molar refractivity (Wildman–Crippen MR) is 185 cm³/mol. The minimum atomic E-state index is -3.47. The Balaban J connectivity index is 1.26. The number of halogens is 5. The molecular weight excluding hydrogens is 703 g/mol. The molecule has 1 saturated heterocycles. The first-order valence-electron chi connectivity index (χ1n) is 16.9. The molecule has 1 unspecified atom stereocenters. The quantitative estimate of drug-likeness (QED) is 0.0405. The fourth-order valence-corrected chi connectivity index (χ4v) is 7.97. The summed E-state index contributed by atoms with van der Waals surface area (Å²) in [5.41, 5.74) is 3.96. The zero-order valence-corrected chi connectivity index (χ0v) is 29.4. The number of likely N-dealkylation sites (N-methyl/N-ethyl adjacent to an activating group) is 1. The van der Waals surface area contributed by atoms with E-state index in [1.807, 2.05) is 23.6 Å². The van der Waals surface area contributed by atoms with E-state index >= 15 is 0 Å². The summed E-state index contributed by atoms with van der Waals surface area (Å²) in [7, 11) is -1.36. The molecule has 1 aliphatic rings. The summed E-state index contributed by atoms with van der Waals surface area (Å²) in [6, 6.07) is 21.3. The molecule has 2 heterocycles. The zero-order valence-electron chi connectivity index (χ0n) is 28.6. The van der Waals surface area contributed by atoms with Gasteiger partial charge in [-0.2, -0.15) is 8.78 Å². The largest absolute Gasteiger partial charge is 0.420 e. The summed E-state index contributed by atoms with van der Waals surface area (Å²) in [4.78, 5) is 15.1. The summed E-state index contributed by atoms with van der Waals surface area (Å²) in [6.45, 7) is 3.23. The van der Waals surface area contributed by atoms with Crippen molar-refractivity contribution in [3.63, 3.8) is 0 Å². The molecule has 0 N–H and O–H groups in total. The van der Waals surface area contributed by atoms with E-state index in [1.54, 1.807) is 54.6 Å². The zero-order chi connectivity index (χ0) is 37.2. The monoisotopic (exact) mass is 740 g/mol. The fourth-order valence-electron chi connectivity index (χ4n) is 6.66. The Morgan fingerprint density at radius 3 is 2.17 bits per heavy atom. The number of sulfone groups is 1. The predicted octanol–water partition coefficient (Wildman–Crippen LogP) is 7.72. The van der Waals surface area contributed by atoms with Gasteiger partial charge >= 0.3 is 5.97 Å². The van der Waals surface area contributed by atoms with Crippen LogP contribution in [0.5, 0.6) is 5.75 Å². The highest BCUT2D eigenvalue weighted by Gasteiger charge is 2.29. The van der Waals surface area contributed by atoms with Gasteiger partial charge in [0.2, 0.25) is 34.8 Å². The summed E-state index contributed by atoms with van der Waals surface area (Å²) in [5, 5.41) is 0.993. The Hall–Kier alpha value is -4.59. The van der Waals surface area contributed by atoms with Crippen LogP contribution in [0.1, 0.15) is 48.2 Å². The van der Waals surface area contributed by atoms with Gasteiger partial charge in [-0.05, 0) is 87.2 Å². The molecule has 1 fully saturated rings. The molecule has 6 rings (SSSR count). The summed E-state index contributed by atoms with van der Waals surface area (Å²) >= 11 is 0. The second-order valence-corrected chi connectivity index (χ2v) is 15.0. The van der Waals surface area contributed by atoms with Gasteiger partial charge < -0.3 is 18.9 Å². The first kappa shape index (κ1) is 37.2. The minimum absolute atomic E-state index is 0.0348. The van der Waals surface area contributed by atoms with Gasteiger partial charge in [-0.3, -0.25) is 4.79 Å². The number of likely N-dealkylation sites (tertiary alicyclic amines) is 1. The number of benzene rings is 4. The molecule has 0 spiro atoms. The number of aryl methyl sites for hydroxylation is 1. The second-order valence-electron chi connectivity index (χ2n) is 12.9. The topological polar surface area (TPSA) is 77.8 Å². The number of ether oxygens (including phenoxy) is 2. The van der Waals surface area contributed by atoms with Crippen molar-refractivity contribution < 1.29 is 44.6 Å². The fraction of sp³-hybridized carbons (Fsp3) is 0.308. The molecule has 0 amide bonds. The molecule has 274 valence electrons. The van der Waals surface area contributed by atoms with Gasteiger partial charge in [-0.25, -0.2) is 21.6 Å². The highest BCUT2D eigenvalue weighted by atomic mass is 32.2. The second kappa shape index (κ2) is 15.6. The SMILES string of the molecule is CCOC(c1ccc(CC(=O)Oc2c(F)c(F)c(F)c(F)c2F)cc1)n1cc(C[C@H]2CCCN2C)c2cc(CCS(=O)(=O)c3ccccc3)ccc21. The van der Waals surface area contributed by atoms with Crippen LogP contribution in [-0.4, -0.2) is 55.8 Å². The Bertz CT molecular complexity index is 2160. The van der Waals surface area contributed by atoms with E-state index in [1.165, 1.54) is 0 Å². The lowest BCUT2D eigenvalue weighted by Crippen LogP contribution is -2.26. The number of carbonyl (C=O) groups excluding carboxylic acids is 1. The molecule has 52 heavy (non-hydrogen) atoms. The number of fused-ring (bicyclic) bond motifs is 1. The van der Waals surface area contributed by atoms with E-state index in [9.17, 15) is 35.2 Å². The van der Waals surface area contributed by atoms with Crippen molar-refractivity contribution >= 4 is 26.7 Å². The van der Waals surface area contributed by atoms with Crippen molar-refractivity contribution in [1.29, 1.82) is 0 Å². The highest BCUT2D eigenvalue weighted by molar-refractivity contribution is 7.91. The number of rotatable bonds is 13. The van der Waals surface area contributed by atoms with Gasteiger partial charge in [0, 0.05) is 29.8 Å². The lowest BCUT2D eigenvalue weighted by molar-refractivity contribution is -0.134. The summed E-state index contributed by atoms with van der Waals surface area (Å²) in [6.07, 6.45) is 4.25. The Labute approximate surface area is 298 Å². The molecule has 0 aliphatic carbocycles. The molecule has 4 aromatic carbocycles. The number of hydrogen-bond donors (Lipinski definition) is 0. The Morgan fingerprint density at radius 2 is 1.54 bits per heavy atom. The molecule has 0 saturated carbocycles. The number of hydrogen-bond acceptors (Lipinski definition) is 6. The molecule has 13 heteroatoms. The smallest absolute Gasteiger partial charge is 0.315 e. The van der Waals surface area contributed by atoms with Crippen LogP contribution >= 0.6 is 0 Å². The van der Waals surface area contributed by atoms with Gasteiger partial charge in [-0.1, -0.05) is 48.5 Å². The van der Waals surface area contributed by atoms with Crippen LogP contribution in [0.3, 0.4) is 0 Å². The molecule has 2 atom stereocenters. The molecule has 1 aromatic heterocycles. The van der Waals surface area contributed by atoms with Crippen LogP contribution < -0.4 is 4.74 Å². The lowest BCUT2D eigenvalue weighted by Gasteiger charge is -2.21. The Kier molecular flexibility index (Phi) is 11.1. The van der Waals surface area contributed by atoms with Crippen LogP contribution in [0, 0.1) is 29.1 Å². The average molecular weight is 741 g/mol. The maximum absolute atomic E-state index is 14.1. The first-order valence-corrected chi connectivity index (χ1v) is 18.6. The van der Waals surface area contributed by atoms with E-state index in [4.69, 9.17) is 4.74 Å². The normalized spacial score (nSPS) is 15.7. The number of nitrogens with zero attached hydrogens (tertiary/aromatic N) is 2. The number of carbonyl (C=O) groups is 1. The van der Waals surface area contributed by atoms with Crippen LogP contribution in [0.4, 0.5) is 22.0 Å². The van der Waals surface area contributed by atoms with Crippen LogP contribution in [0.2, 0.25) is 0 Å². The van der Waals surface area contributed by atoms with Gasteiger partial charge in [0.25, 0.3) is 0 Å². The highest BCUT2D eigenvalue weighted by Crippen LogP contribution is 2.34. The van der Waals surface area contributed by atoms with E-state index in [0.29, 0.717) is 24.6 Å². The molecule has 0 bridgehead atoms. The van der Waals surface area contributed by atoms with Crippen LogP contribution in [-0.2, 0) is 38.6 Å². The van der Waals surface area contributed by atoms with Crippen molar-refractivity contribution in [2.75, 3.05) is 26.0 Å². The Morgan fingerprint density at radius 1 is 0.885 bits per heavy atom. The number of esters is 1. The van der Waals surface area contributed by atoms with Crippen molar-refractivity contribution in [3.8, 4) is 5.75 Å². The molecule has 1 aliphatic heterocycles. The van der Waals surface area contributed by atoms with Crippen molar-refractivity contribution in [2.24, 2.45) is 0 Å². The third-order valence-electron chi connectivity index (χ3n) is 9.44. The third-order valence-corrected chi connectivity index (χ3v) is 11.2. The van der Waals surface area contributed by atoms with Crippen LogP contribution in [0.25, 0.3) is 10.9 Å². The van der Waals surface area contributed by atoms with Gasteiger partial charge in [0.05, 0.1) is 22.6 Å². The third kappa shape index (κ3) is 7.76. The first-order chi connectivity index (χ1) is 24.9. The van der Waals surface area contributed by atoms with Crippen LogP contribution in [0.15, 0.2) is 83.9 Å². The van der Waals surface area contributed by atoms with Gasteiger partial charge in [-0.15, -0.1) is 0 Å². The minimum Gasteiger partial charge on any atom is -0.420 e. The van der Waals surface area contributed by atoms with Crippen molar-refractivity contribution in [1.82, 2.24) is 9.47 Å². The average Bonchev–Trinajstić information content (AvgIpc) is 3.72. The molecular formula is C39H37F5N2O5S. The van der Waals surface area contributed by atoms with Crippen molar-refractivity contribution in [2.45, 2.75) is 56.2 Å². The van der Waals surface area contributed by atoms with Crippen molar-refractivity contribution in [3.05, 3.63) is 130 Å². The lowest BCUT2D eigenvalue weighted by atomic mass is 10.0. The standard InChI is InChI=1S/C39H37F5N2O5S/c1-3-50-39(26-14-11-24(12-15-26)21-32(47)51-38-36(43)34(41)33(40)35(42)37(38)44)46-23-27(22-28-8-7-18-45(28)2)30-20-25(13-16-31(30)46)17-19-52(48,49)29-9-5-4-6-10-29/h4-6,9-16,20,23,28,39H,3,7-8,17-19,21-22H2,1-2H3/t28-,39?/m1/s1. The molecule has 7 nitrogen and oxygen atoms in total.